The third-order valence-electron chi connectivity index (χ3n) is 5.02. The summed E-state index contributed by atoms with van der Waals surface area (Å²) in [5.74, 6) is 0.833. The monoisotopic (exact) mass is 337 g/mol. The van der Waals surface area contributed by atoms with E-state index in [1.807, 2.05) is 24.3 Å². The molecule has 0 radical (unpaired) electrons. The molecule has 2 aliphatic heterocycles. The number of ether oxygens (including phenoxy) is 2. The Morgan fingerprint density at radius 1 is 1.12 bits per heavy atom. The Kier molecular flexibility index (Phi) is 3.34. The molecule has 2 aromatic heterocycles. The molecule has 25 heavy (non-hydrogen) atoms. The van der Waals surface area contributed by atoms with Crippen molar-refractivity contribution in [2.24, 2.45) is 0 Å². The fourth-order valence-corrected chi connectivity index (χ4v) is 3.76. The van der Waals surface area contributed by atoms with Gasteiger partial charge in [-0.25, -0.2) is 0 Å². The van der Waals surface area contributed by atoms with E-state index in [1.165, 1.54) is 0 Å². The molecule has 2 aliphatic rings. The zero-order valence-electron chi connectivity index (χ0n) is 14.0. The van der Waals surface area contributed by atoms with Gasteiger partial charge in [0.15, 0.2) is 0 Å². The Morgan fingerprint density at radius 3 is 2.60 bits per heavy atom. The van der Waals surface area contributed by atoms with Crippen LogP contribution in [0.3, 0.4) is 0 Å². The third kappa shape index (κ3) is 2.51. The zero-order valence-corrected chi connectivity index (χ0v) is 14.0. The maximum Gasteiger partial charge on any atom is 0.200 e. The van der Waals surface area contributed by atoms with E-state index in [0.717, 1.165) is 54.3 Å². The molecule has 7 nitrogen and oxygen atoms in total. The lowest BCUT2D eigenvalue weighted by Gasteiger charge is -2.33. The molecule has 7 heteroatoms. The number of morpholine rings is 1. The lowest BCUT2D eigenvalue weighted by atomic mass is 10.1. The van der Waals surface area contributed by atoms with Crippen molar-refractivity contribution in [2.45, 2.75) is 25.0 Å². The summed E-state index contributed by atoms with van der Waals surface area (Å²) in [5, 5.41) is 13.0. The smallest absolute Gasteiger partial charge is 0.200 e. The summed E-state index contributed by atoms with van der Waals surface area (Å²) < 4.78 is 13.0. The second-order valence-electron chi connectivity index (χ2n) is 6.60. The summed E-state index contributed by atoms with van der Waals surface area (Å²) in [6.45, 7) is 1.79. The van der Waals surface area contributed by atoms with E-state index in [-0.39, 0.29) is 0 Å². The van der Waals surface area contributed by atoms with Crippen LogP contribution in [-0.4, -0.2) is 52.2 Å². The molecule has 0 unspecified atom stereocenters. The van der Waals surface area contributed by atoms with E-state index in [1.54, 1.807) is 18.0 Å². The highest BCUT2D eigenvalue weighted by atomic mass is 16.5. The molecule has 4 heterocycles. The summed E-state index contributed by atoms with van der Waals surface area (Å²) in [6.07, 6.45) is 4.57. The molecule has 2 fully saturated rings. The maximum absolute atomic E-state index is 5.97. The van der Waals surface area contributed by atoms with Gasteiger partial charge in [-0.1, -0.05) is 0 Å². The van der Waals surface area contributed by atoms with Crippen LogP contribution in [0.4, 0.5) is 5.69 Å². The summed E-state index contributed by atoms with van der Waals surface area (Å²) in [4.78, 5) is 2.37. The molecule has 128 valence electrons. The van der Waals surface area contributed by atoms with Crippen molar-refractivity contribution in [3.63, 3.8) is 0 Å². The fraction of sp³-hybridized carbons (Fsp3) is 0.389. The van der Waals surface area contributed by atoms with Crippen LogP contribution in [0.5, 0.6) is 5.75 Å². The van der Waals surface area contributed by atoms with Crippen molar-refractivity contribution >= 4 is 11.3 Å². The average Bonchev–Trinajstić information content (AvgIpc) is 3.26. The first-order chi connectivity index (χ1) is 12.3. The van der Waals surface area contributed by atoms with Crippen molar-refractivity contribution in [1.82, 2.24) is 19.8 Å². The van der Waals surface area contributed by atoms with Crippen molar-refractivity contribution in [3.8, 4) is 17.0 Å². The summed E-state index contributed by atoms with van der Waals surface area (Å²) in [7, 11) is 1.67. The number of rotatable bonds is 3. The number of anilines is 1. The fourth-order valence-electron chi connectivity index (χ4n) is 3.76. The molecule has 2 bridgehead atoms. The Hall–Kier alpha value is -2.67. The van der Waals surface area contributed by atoms with E-state index < -0.39 is 0 Å². The first-order valence-corrected chi connectivity index (χ1v) is 8.56. The Labute approximate surface area is 145 Å². The van der Waals surface area contributed by atoms with Gasteiger partial charge in [-0.2, -0.15) is 9.61 Å². The maximum atomic E-state index is 5.97. The second-order valence-corrected chi connectivity index (χ2v) is 6.60. The van der Waals surface area contributed by atoms with E-state index in [4.69, 9.17) is 9.47 Å². The van der Waals surface area contributed by atoms with Gasteiger partial charge in [0.25, 0.3) is 0 Å². The van der Waals surface area contributed by atoms with Gasteiger partial charge in [-0.3, -0.25) is 0 Å². The van der Waals surface area contributed by atoms with Crippen LogP contribution < -0.4 is 9.64 Å². The molecular formula is C18H19N5O2. The van der Waals surface area contributed by atoms with Gasteiger partial charge >= 0.3 is 0 Å². The average molecular weight is 337 g/mol. The molecule has 0 N–H and O–H groups in total. The van der Waals surface area contributed by atoms with Crippen molar-refractivity contribution in [1.29, 1.82) is 0 Å². The van der Waals surface area contributed by atoms with Gasteiger partial charge in [0.1, 0.15) is 12.1 Å². The number of nitrogens with zero attached hydrogens (tertiary/aromatic N) is 5. The van der Waals surface area contributed by atoms with Crippen LogP contribution in [0.1, 0.15) is 12.8 Å². The van der Waals surface area contributed by atoms with Crippen molar-refractivity contribution < 1.29 is 9.47 Å². The predicted molar refractivity (Wildman–Crippen MR) is 92.9 cm³/mol. The predicted octanol–water partition coefficient (Wildman–Crippen LogP) is 2.17. The lowest BCUT2D eigenvalue weighted by Crippen LogP contribution is -2.42. The summed E-state index contributed by atoms with van der Waals surface area (Å²) in [5.41, 5.74) is 3.79. The van der Waals surface area contributed by atoms with Gasteiger partial charge in [0.2, 0.25) is 5.65 Å². The number of fused-ring (bicyclic) bond motifs is 3. The Balaban J connectivity index is 1.58. The minimum absolute atomic E-state index is 0.319. The van der Waals surface area contributed by atoms with Crippen molar-refractivity contribution in [2.75, 3.05) is 25.1 Å². The minimum atomic E-state index is 0.319. The number of aromatic nitrogens is 4. The Bertz CT molecular complexity index is 895. The molecule has 0 spiro atoms. The van der Waals surface area contributed by atoms with Gasteiger partial charge in [-0.15, -0.1) is 10.2 Å². The molecule has 2 saturated heterocycles. The number of hydrogen-bond acceptors (Lipinski definition) is 6. The normalized spacial score (nSPS) is 22.5. The summed E-state index contributed by atoms with van der Waals surface area (Å²) >= 11 is 0. The molecule has 5 rings (SSSR count). The highest BCUT2D eigenvalue weighted by Crippen LogP contribution is 2.33. The third-order valence-corrected chi connectivity index (χ3v) is 5.02. The number of hydrogen-bond donors (Lipinski definition) is 0. The van der Waals surface area contributed by atoms with E-state index in [2.05, 4.69) is 26.3 Å². The van der Waals surface area contributed by atoms with E-state index in [9.17, 15) is 0 Å². The van der Waals surface area contributed by atoms with Crippen LogP contribution in [0, 0.1) is 0 Å². The Morgan fingerprint density at radius 2 is 1.88 bits per heavy atom. The molecule has 3 aromatic rings. The molecule has 0 aliphatic carbocycles. The molecule has 2 atom stereocenters. The van der Waals surface area contributed by atoms with Crippen LogP contribution in [-0.2, 0) is 4.74 Å². The lowest BCUT2D eigenvalue weighted by molar-refractivity contribution is 0.0305. The van der Waals surface area contributed by atoms with Crippen molar-refractivity contribution in [3.05, 3.63) is 36.7 Å². The first-order valence-electron chi connectivity index (χ1n) is 8.56. The van der Waals surface area contributed by atoms with Crippen LogP contribution in [0.15, 0.2) is 36.7 Å². The SMILES string of the molecule is COc1ccc(-c2cc(N3C[C@H]4CC[C@@H](C3)O4)c3nncn3n2)cc1. The topological polar surface area (TPSA) is 64.8 Å². The van der Waals surface area contributed by atoms with E-state index >= 15 is 0 Å². The van der Waals surface area contributed by atoms with Crippen LogP contribution in [0.25, 0.3) is 16.9 Å². The molecule has 1 aromatic carbocycles. The largest absolute Gasteiger partial charge is 0.497 e. The molecule has 0 amide bonds. The number of benzene rings is 1. The van der Waals surface area contributed by atoms with E-state index in [0.29, 0.717) is 12.2 Å². The minimum Gasteiger partial charge on any atom is -0.497 e. The second kappa shape index (κ2) is 5.70. The molecule has 0 saturated carbocycles. The highest BCUT2D eigenvalue weighted by Gasteiger charge is 2.34. The zero-order chi connectivity index (χ0) is 16.8. The number of methoxy groups -OCH3 is 1. The van der Waals surface area contributed by atoms with Gasteiger partial charge in [-0.05, 0) is 43.2 Å². The quantitative estimate of drug-likeness (QED) is 0.730. The van der Waals surface area contributed by atoms with Crippen LogP contribution in [0.2, 0.25) is 0 Å². The standard InChI is InChI=1S/C18H19N5O2/c1-24-13-4-2-12(3-5-13)16-8-17(18-20-19-11-23(18)21-16)22-9-14-6-7-15(10-22)25-14/h2-5,8,11,14-15H,6-7,9-10H2,1H3/t14-,15+. The van der Waals surface area contributed by atoms with Crippen LogP contribution >= 0.6 is 0 Å². The summed E-state index contributed by atoms with van der Waals surface area (Å²) in [6, 6.07) is 10.0. The first kappa shape index (κ1) is 14.7. The molecular weight excluding hydrogens is 318 g/mol. The highest BCUT2D eigenvalue weighted by molar-refractivity contribution is 5.74. The van der Waals surface area contributed by atoms with Gasteiger partial charge < -0.3 is 14.4 Å². The van der Waals surface area contributed by atoms with Gasteiger partial charge in [0, 0.05) is 18.7 Å². The van der Waals surface area contributed by atoms with Gasteiger partial charge in [0.05, 0.1) is 30.7 Å².